The second-order valence-electron chi connectivity index (χ2n) is 8.60. The van der Waals surface area contributed by atoms with Crippen LogP contribution in [0.1, 0.15) is 32.9 Å². The molecular weight excluding hydrogens is 491 g/mol. The number of methoxy groups -OCH3 is 1. The van der Waals surface area contributed by atoms with E-state index < -0.39 is 0 Å². The van der Waals surface area contributed by atoms with Gasteiger partial charge in [0.15, 0.2) is 22.9 Å². The number of rotatable bonds is 9. The Kier molecular flexibility index (Phi) is 8.28. The number of fused-ring (bicyclic) bond motifs is 1. The average Bonchev–Trinajstić information content (AvgIpc) is 3.30. The number of Topliss-reactive ketones (excluding diaryl/α,β-unsaturated/α-hetero) is 1. The van der Waals surface area contributed by atoms with Crippen molar-refractivity contribution >= 4 is 45.9 Å². The van der Waals surface area contributed by atoms with Crippen LogP contribution in [0.3, 0.4) is 0 Å². The van der Waals surface area contributed by atoms with Crippen molar-refractivity contribution < 1.29 is 18.7 Å². The van der Waals surface area contributed by atoms with Crippen molar-refractivity contribution in [3.63, 3.8) is 0 Å². The lowest BCUT2D eigenvalue weighted by Gasteiger charge is -2.32. The molecule has 1 aliphatic rings. The third-order valence-electron chi connectivity index (χ3n) is 6.21. The van der Waals surface area contributed by atoms with Gasteiger partial charge in [0.1, 0.15) is 0 Å². The van der Waals surface area contributed by atoms with Crippen LogP contribution in [0, 0.1) is 0 Å². The summed E-state index contributed by atoms with van der Waals surface area (Å²) in [5.41, 5.74) is 1.23. The molecule has 10 heteroatoms. The first-order valence-electron chi connectivity index (χ1n) is 11.5. The third-order valence-corrected chi connectivity index (χ3v) is 6.87. The molecule has 1 saturated heterocycles. The predicted octanol–water partition coefficient (Wildman–Crippen LogP) is 3.94. The number of aromatic nitrogens is 1. The monoisotopic (exact) mass is 518 g/mol. The fourth-order valence-electron chi connectivity index (χ4n) is 4.14. The standard InChI is InChI=1S/C25H28Cl2N4O4/c1-30-8-10-31(11-9-30)7-3-6-29-25(33)23-13-17-16(4-5-22(34-2)24(17)35-23)21(32)12-18-19(26)14-28-15-20(18)27/h4-5,13-15H,3,6-12H2,1-2H3,(H,29,33). The average molecular weight is 519 g/mol. The molecule has 0 bridgehead atoms. The Bertz CT molecular complexity index is 1200. The molecule has 0 aliphatic carbocycles. The van der Waals surface area contributed by atoms with Gasteiger partial charge in [-0.1, -0.05) is 23.2 Å². The quantitative estimate of drug-likeness (QED) is 0.339. The van der Waals surface area contributed by atoms with Crippen molar-refractivity contribution in [1.29, 1.82) is 0 Å². The van der Waals surface area contributed by atoms with E-state index in [1.807, 2.05) is 0 Å². The van der Waals surface area contributed by atoms with Crippen molar-refractivity contribution in [3.8, 4) is 5.75 Å². The number of amides is 1. The third kappa shape index (κ3) is 5.95. The number of hydrogen-bond donors (Lipinski definition) is 1. The number of pyridine rings is 1. The number of likely N-dealkylation sites (N-methyl/N-ethyl adjacent to an activating group) is 1. The van der Waals surface area contributed by atoms with Crippen LogP contribution < -0.4 is 10.1 Å². The molecule has 0 radical (unpaired) electrons. The van der Waals surface area contributed by atoms with Gasteiger partial charge in [-0.15, -0.1) is 0 Å². The first-order valence-corrected chi connectivity index (χ1v) is 12.2. The van der Waals surface area contributed by atoms with Crippen LogP contribution in [0.2, 0.25) is 10.0 Å². The van der Waals surface area contributed by atoms with E-state index in [-0.39, 0.29) is 23.9 Å². The molecule has 35 heavy (non-hydrogen) atoms. The smallest absolute Gasteiger partial charge is 0.287 e. The fraction of sp³-hybridized carbons (Fsp3) is 0.400. The van der Waals surface area contributed by atoms with Gasteiger partial charge in [0.05, 0.1) is 17.2 Å². The summed E-state index contributed by atoms with van der Waals surface area (Å²) < 4.78 is 11.2. The van der Waals surface area contributed by atoms with Gasteiger partial charge in [0.25, 0.3) is 5.91 Å². The van der Waals surface area contributed by atoms with Crippen LogP contribution in [0.25, 0.3) is 11.0 Å². The summed E-state index contributed by atoms with van der Waals surface area (Å²) in [4.78, 5) is 34.6. The fourth-order valence-corrected chi connectivity index (χ4v) is 4.64. The number of furan rings is 1. The van der Waals surface area contributed by atoms with E-state index in [0.717, 1.165) is 39.1 Å². The highest BCUT2D eigenvalue weighted by molar-refractivity contribution is 6.36. The summed E-state index contributed by atoms with van der Waals surface area (Å²) in [6, 6.07) is 4.88. The van der Waals surface area contributed by atoms with E-state index in [1.165, 1.54) is 19.5 Å². The Balaban J connectivity index is 1.46. The minimum Gasteiger partial charge on any atom is -0.493 e. The first-order chi connectivity index (χ1) is 16.9. The summed E-state index contributed by atoms with van der Waals surface area (Å²) >= 11 is 12.4. The van der Waals surface area contributed by atoms with E-state index in [1.54, 1.807) is 18.2 Å². The number of carbonyl (C=O) groups is 2. The molecule has 1 aromatic carbocycles. The van der Waals surface area contributed by atoms with Crippen LogP contribution in [0.15, 0.2) is 35.0 Å². The van der Waals surface area contributed by atoms with Crippen LogP contribution in [0.5, 0.6) is 5.75 Å². The second kappa shape index (κ2) is 11.4. The summed E-state index contributed by atoms with van der Waals surface area (Å²) in [6.45, 7) is 5.67. The normalized spacial score (nSPS) is 14.9. The molecule has 1 fully saturated rings. The molecule has 1 aliphatic heterocycles. The van der Waals surface area contributed by atoms with Gasteiger partial charge in [-0.05, 0) is 38.2 Å². The molecule has 3 aromatic rings. The minimum absolute atomic E-state index is 0.0133. The SMILES string of the molecule is COc1ccc(C(=O)Cc2c(Cl)cncc2Cl)c2cc(C(=O)NCCCN3CCN(C)CC3)oc12. The van der Waals surface area contributed by atoms with E-state index in [9.17, 15) is 9.59 Å². The van der Waals surface area contributed by atoms with Gasteiger partial charge >= 0.3 is 0 Å². The minimum atomic E-state index is -0.333. The molecule has 8 nitrogen and oxygen atoms in total. The number of piperazine rings is 1. The zero-order valence-corrected chi connectivity index (χ0v) is 21.3. The Morgan fingerprint density at radius 1 is 1.14 bits per heavy atom. The van der Waals surface area contributed by atoms with Crippen LogP contribution in [-0.2, 0) is 6.42 Å². The second-order valence-corrected chi connectivity index (χ2v) is 9.42. The molecular formula is C25H28Cl2N4O4. The van der Waals surface area contributed by atoms with Crippen molar-refractivity contribution in [2.24, 2.45) is 0 Å². The number of ketones is 1. The molecule has 2 aromatic heterocycles. The number of halogens is 2. The zero-order chi connectivity index (χ0) is 24.9. The maximum absolute atomic E-state index is 13.2. The molecule has 4 rings (SSSR count). The number of benzene rings is 1. The Labute approximate surface area is 214 Å². The summed E-state index contributed by atoms with van der Waals surface area (Å²) in [7, 11) is 3.63. The van der Waals surface area contributed by atoms with Crippen molar-refractivity contribution in [2.75, 3.05) is 53.4 Å². The van der Waals surface area contributed by atoms with E-state index in [4.69, 9.17) is 32.4 Å². The van der Waals surface area contributed by atoms with E-state index in [0.29, 0.717) is 44.4 Å². The lowest BCUT2D eigenvalue weighted by atomic mass is 10.00. The van der Waals surface area contributed by atoms with Crippen LogP contribution >= 0.6 is 23.2 Å². The van der Waals surface area contributed by atoms with Gasteiger partial charge in [-0.25, -0.2) is 0 Å². The van der Waals surface area contributed by atoms with Gasteiger partial charge in [0, 0.05) is 68.1 Å². The van der Waals surface area contributed by atoms with E-state index >= 15 is 0 Å². The van der Waals surface area contributed by atoms with Gasteiger partial charge in [-0.2, -0.15) is 0 Å². The molecule has 1 N–H and O–H groups in total. The number of hydrogen-bond acceptors (Lipinski definition) is 7. The highest BCUT2D eigenvalue weighted by atomic mass is 35.5. The zero-order valence-electron chi connectivity index (χ0n) is 19.8. The number of carbonyl (C=O) groups excluding carboxylic acids is 2. The molecule has 0 unspecified atom stereocenters. The molecule has 0 saturated carbocycles. The Morgan fingerprint density at radius 2 is 1.86 bits per heavy atom. The number of ether oxygens (including phenoxy) is 1. The largest absolute Gasteiger partial charge is 0.493 e. The van der Waals surface area contributed by atoms with Gasteiger partial charge in [-0.3, -0.25) is 14.6 Å². The van der Waals surface area contributed by atoms with Crippen molar-refractivity contribution in [3.05, 3.63) is 57.5 Å². The Hall–Kier alpha value is -2.65. The van der Waals surface area contributed by atoms with Crippen molar-refractivity contribution in [1.82, 2.24) is 20.1 Å². The molecule has 0 atom stereocenters. The lowest BCUT2D eigenvalue weighted by Crippen LogP contribution is -2.45. The molecule has 0 spiro atoms. The molecule has 1 amide bonds. The van der Waals surface area contributed by atoms with E-state index in [2.05, 4.69) is 27.1 Å². The number of nitrogens with zero attached hydrogens (tertiary/aromatic N) is 3. The predicted molar refractivity (Wildman–Crippen MR) is 136 cm³/mol. The van der Waals surface area contributed by atoms with Gasteiger partial charge in [0.2, 0.25) is 0 Å². The molecule has 186 valence electrons. The van der Waals surface area contributed by atoms with Crippen LogP contribution in [0.4, 0.5) is 0 Å². The topological polar surface area (TPSA) is 87.9 Å². The summed E-state index contributed by atoms with van der Waals surface area (Å²) in [5.74, 6) is 0.0107. The maximum Gasteiger partial charge on any atom is 0.287 e. The number of nitrogens with one attached hydrogen (secondary N) is 1. The maximum atomic E-state index is 13.2. The summed E-state index contributed by atoms with van der Waals surface area (Å²) in [5, 5.41) is 4.05. The Morgan fingerprint density at radius 3 is 2.54 bits per heavy atom. The van der Waals surface area contributed by atoms with Gasteiger partial charge < -0.3 is 24.3 Å². The van der Waals surface area contributed by atoms with Crippen LogP contribution in [-0.4, -0.2) is 79.9 Å². The van der Waals surface area contributed by atoms with Crippen molar-refractivity contribution in [2.45, 2.75) is 12.8 Å². The first kappa shape index (κ1) is 25.4. The highest BCUT2D eigenvalue weighted by Crippen LogP contribution is 2.33. The lowest BCUT2D eigenvalue weighted by molar-refractivity contribution is 0.0923. The highest BCUT2D eigenvalue weighted by Gasteiger charge is 2.22. The molecule has 3 heterocycles. The summed E-state index contributed by atoms with van der Waals surface area (Å²) in [6.07, 6.45) is 3.73.